The van der Waals surface area contributed by atoms with E-state index in [0.29, 0.717) is 51.4 Å². The molecule has 0 aromatic carbocycles. The SMILES string of the molecule is CCn1cc(S(=O)(=O)N2CCC3(CC2)CC(CC(=O)NC)CCO3)cn1. The van der Waals surface area contributed by atoms with Gasteiger partial charge in [-0.3, -0.25) is 9.48 Å². The number of carbonyl (C=O) groups is 1. The maximum absolute atomic E-state index is 12.8. The maximum Gasteiger partial charge on any atom is 0.246 e. The number of sulfonamides is 1. The van der Waals surface area contributed by atoms with E-state index in [-0.39, 0.29) is 16.4 Å². The van der Waals surface area contributed by atoms with Crippen molar-refractivity contribution in [2.24, 2.45) is 5.92 Å². The van der Waals surface area contributed by atoms with Crippen LogP contribution < -0.4 is 5.32 Å². The van der Waals surface area contributed by atoms with E-state index in [4.69, 9.17) is 4.74 Å². The summed E-state index contributed by atoms with van der Waals surface area (Å²) < 4.78 is 34.8. The first-order chi connectivity index (χ1) is 12.4. The molecule has 3 heterocycles. The molecule has 8 nitrogen and oxygen atoms in total. The van der Waals surface area contributed by atoms with E-state index in [9.17, 15) is 13.2 Å². The van der Waals surface area contributed by atoms with Crippen LogP contribution in [0.2, 0.25) is 0 Å². The normalized spacial score (nSPS) is 23.8. The summed E-state index contributed by atoms with van der Waals surface area (Å²) in [5, 5.41) is 6.75. The lowest BCUT2D eigenvalue weighted by Gasteiger charge is -2.45. The third-order valence-electron chi connectivity index (χ3n) is 5.55. The Morgan fingerprint density at radius 1 is 1.42 bits per heavy atom. The van der Waals surface area contributed by atoms with Crippen LogP contribution in [0.4, 0.5) is 0 Å². The number of rotatable bonds is 5. The van der Waals surface area contributed by atoms with Gasteiger partial charge in [0.05, 0.1) is 11.8 Å². The molecule has 1 unspecified atom stereocenters. The van der Waals surface area contributed by atoms with Gasteiger partial charge in [0.15, 0.2) is 0 Å². The molecule has 1 spiro atoms. The van der Waals surface area contributed by atoms with Crippen LogP contribution in [0.3, 0.4) is 0 Å². The van der Waals surface area contributed by atoms with Crippen molar-refractivity contribution in [3.8, 4) is 0 Å². The third kappa shape index (κ3) is 3.94. The van der Waals surface area contributed by atoms with Gasteiger partial charge in [-0.2, -0.15) is 9.40 Å². The van der Waals surface area contributed by atoms with E-state index in [1.807, 2.05) is 6.92 Å². The van der Waals surface area contributed by atoms with E-state index in [2.05, 4.69) is 10.4 Å². The van der Waals surface area contributed by atoms with Crippen molar-refractivity contribution < 1.29 is 17.9 Å². The van der Waals surface area contributed by atoms with Crippen LogP contribution in [0, 0.1) is 5.92 Å². The first-order valence-corrected chi connectivity index (χ1v) is 10.7. The van der Waals surface area contributed by atoms with Crippen LogP contribution >= 0.6 is 0 Å². The molecule has 2 aliphatic heterocycles. The van der Waals surface area contributed by atoms with Crippen molar-refractivity contribution in [3.05, 3.63) is 12.4 Å². The van der Waals surface area contributed by atoms with E-state index in [1.165, 1.54) is 10.5 Å². The summed E-state index contributed by atoms with van der Waals surface area (Å²) in [5.41, 5.74) is -0.295. The Morgan fingerprint density at radius 3 is 2.77 bits per heavy atom. The Bertz CT molecular complexity index is 738. The number of piperidine rings is 1. The van der Waals surface area contributed by atoms with Gasteiger partial charge in [0, 0.05) is 45.9 Å². The zero-order valence-electron chi connectivity index (χ0n) is 15.5. The van der Waals surface area contributed by atoms with Gasteiger partial charge in [-0.05, 0) is 38.5 Å². The zero-order chi connectivity index (χ0) is 18.8. The minimum absolute atomic E-state index is 0.0556. The quantitative estimate of drug-likeness (QED) is 0.817. The average Bonchev–Trinajstić information content (AvgIpc) is 3.12. The highest BCUT2D eigenvalue weighted by molar-refractivity contribution is 7.89. The average molecular weight is 385 g/mol. The van der Waals surface area contributed by atoms with Gasteiger partial charge < -0.3 is 10.1 Å². The van der Waals surface area contributed by atoms with Crippen molar-refractivity contribution in [2.45, 2.75) is 56.1 Å². The molecule has 1 atom stereocenters. The van der Waals surface area contributed by atoms with Crippen molar-refractivity contribution in [1.29, 1.82) is 0 Å². The predicted molar refractivity (Wildman–Crippen MR) is 96.0 cm³/mol. The molecule has 9 heteroatoms. The van der Waals surface area contributed by atoms with Gasteiger partial charge >= 0.3 is 0 Å². The van der Waals surface area contributed by atoms with Gasteiger partial charge in [0.25, 0.3) is 0 Å². The van der Waals surface area contributed by atoms with Gasteiger partial charge in [-0.15, -0.1) is 0 Å². The summed E-state index contributed by atoms with van der Waals surface area (Å²) in [7, 11) is -1.86. The van der Waals surface area contributed by atoms with Crippen LogP contribution in [0.5, 0.6) is 0 Å². The molecule has 1 N–H and O–H groups in total. The summed E-state index contributed by atoms with van der Waals surface area (Å²) in [6.07, 6.45) is 6.54. The summed E-state index contributed by atoms with van der Waals surface area (Å²) in [5.74, 6) is 0.356. The molecule has 1 aromatic rings. The highest BCUT2D eigenvalue weighted by Gasteiger charge is 2.43. The number of ether oxygens (including phenoxy) is 1. The van der Waals surface area contributed by atoms with Crippen LogP contribution in [0.25, 0.3) is 0 Å². The monoisotopic (exact) mass is 384 g/mol. The Kier molecular flexibility index (Phi) is 5.69. The number of aromatic nitrogens is 2. The molecule has 2 fully saturated rings. The van der Waals surface area contributed by atoms with E-state index >= 15 is 0 Å². The van der Waals surface area contributed by atoms with E-state index in [0.717, 1.165) is 12.8 Å². The topological polar surface area (TPSA) is 93.5 Å². The summed E-state index contributed by atoms with van der Waals surface area (Å²) in [4.78, 5) is 11.9. The van der Waals surface area contributed by atoms with Crippen molar-refractivity contribution >= 4 is 15.9 Å². The van der Waals surface area contributed by atoms with Crippen LogP contribution in [0.15, 0.2) is 17.3 Å². The van der Waals surface area contributed by atoms with Gasteiger partial charge in [0.1, 0.15) is 4.90 Å². The fourth-order valence-electron chi connectivity index (χ4n) is 3.95. The second-order valence-electron chi connectivity index (χ2n) is 7.20. The maximum atomic E-state index is 12.8. The highest BCUT2D eigenvalue weighted by atomic mass is 32.2. The van der Waals surface area contributed by atoms with Crippen molar-refractivity contribution in [3.63, 3.8) is 0 Å². The zero-order valence-corrected chi connectivity index (χ0v) is 16.3. The van der Waals surface area contributed by atoms with Crippen LogP contribution in [-0.2, 0) is 26.1 Å². The first kappa shape index (κ1) is 19.3. The molecule has 3 rings (SSSR count). The number of nitrogens with one attached hydrogen (secondary N) is 1. The lowest BCUT2D eigenvalue weighted by atomic mass is 9.78. The molecule has 2 aliphatic rings. The molecule has 0 bridgehead atoms. The van der Waals surface area contributed by atoms with Crippen LogP contribution in [0.1, 0.15) is 39.0 Å². The molecule has 1 aromatic heterocycles. The molecule has 1 amide bonds. The molecular weight excluding hydrogens is 356 g/mol. The molecule has 0 aliphatic carbocycles. The molecule has 0 saturated carbocycles. The van der Waals surface area contributed by atoms with E-state index in [1.54, 1.807) is 17.9 Å². The lowest BCUT2D eigenvalue weighted by molar-refractivity contribution is -0.132. The van der Waals surface area contributed by atoms with Gasteiger partial charge in [-0.25, -0.2) is 8.42 Å². The second kappa shape index (κ2) is 7.66. The number of amides is 1. The van der Waals surface area contributed by atoms with Gasteiger partial charge in [0.2, 0.25) is 15.9 Å². The number of hydrogen-bond donors (Lipinski definition) is 1. The smallest absolute Gasteiger partial charge is 0.246 e. The lowest BCUT2D eigenvalue weighted by Crippen LogP contribution is -2.51. The summed E-state index contributed by atoms with van der Waals surface area (Å²) in [6.45, 7) is 4.07. The Balaban J connectivity index is 1.63. The minimum atomic E-state index is -3.51. The molecular formula is C17H28N4O4S. The Morgan fingerprint density at radius 2 is 2.15 bits per heavy atom. The Hall–Kier alpha value is -1.45. The Labute approximate surface area is 154 Å². The van der Waals surface area contributed by atoms with Crippen molar-refractivity contribution in [1.82, 2.24) is 19.4 Å². The predicted octanol–water partition coefficient (Wildman–Crippen LogP) is 0.989. The number of carbonyl (C=O) groups excluding carboxylic acids is 1. The molecule has 146 valence electrons. The molecule has 2 saturated heterocycles. The van der Waals surface area contributed by atoms with E-state index < -0.39 is 10.0 Å². The largest absolute Gasteiger partial charge is 0.375 e. The first-order valence-electron chi connectivity index (χ1n) is 9.26. The van der Waals surface area contributed by atoms with Crippen LogP contribution in [-0.4, -0.2) is 60.8 Å². The minimum Gasteiger partial charge on any atom is -0.375 e. The fraction of sp³-hybridized carbons (Fsp3) is 0.765. The fourth-order valence-corrected chi connectivity index (χ4v) is 5.35. The molecule has 26 heavy (non-hydrogen) atoms. The second-order valence-corrected chi connectivity index (χ2v) is 9.14. The summed E-state index contributed by atoms with van der Waals surface area (Å²) in [6, 6.07) is 0. The highest BCUT2D eigenvalue weighted by Crippen LogP contribution is 2.39. The molecule has 0 radical (unpaired) electrons. The number of aryl methyl sites for hydroxylation is 1. The standard InChI is InChI=1S/C17H28N4O4S/c1-3-20-13-15(12-19-20)26(23,24)21-7-5-17(6-8-21)11-14(4-9-25-17)10-16(22)18-2/h12-14H,3-11H2,1-2H3,(H,18,22). The third-order valence-corrected chi connectivity index (χ3v) is 7.40. The summed E-state index contributed by atoms with van der Waals surface area (Å²) >= 11 is 0. The number of nitrogens with zero attached hydrogens (tertiary/aromatic N) is 3. The van der Waals surface area contributed by atoms with Gasteiger partial charge in [-0.1, -0.05) is 0 Å². The number of hydrogen-bond acceptors (Lipinski definition) is 5. The van der Waals surface area contributed by atoms with Crippen molar-refractivity contribution in [2.75, 3.05) is 26.7 Å².